The van der Waals surface area contributed by atoms with Gasteiger partial charge in [-0.3, -0.25) is 4.90 Å². The minimum absolute atomic E-state index is 0.0571. The van der Waals surface area contributed by atoms with E-state index in [2.05, 4.69) is 5.32 Å². The van der Waals surface area contributed by atoms with Crippen molar-refractivity contribution in [3.8, 4) is 0 Å². The summed E-state index contributed by atoms with van der Waals surface area (Å²) in [6.45, 7) is 15.9. The van der Waals surface area contributed by atoms with Gasteiger partial charge in [0, 0.05) is 6.42 Å². The molecule has 2 atom stereocenters. The summed E-state index contributed by atoms with van der Waals surface area (Å²) in [7, 11) is 1.23. The number of esters is 1. The van der Waals surface area contributed by atoms with Crippen LogP contribution >= 0.6 is 0 Å². The van der Waals surface area contributed by atoms with E-state index in [0.717, 1.165) is 0 Å². The van der Waals surface area contributed by atoms with Gasteiger partial charge in [-0.1, -0.05) is 0 Å². The lowest BCUT2D eigenvalue weighted by atomic mass is 9.92. The molecule has 168 valence electrons. The highest BCUT2D eigenvalue weighted by Crippen LogP contribution is 2.39. The summed E-state index contributed by atoms with van der Waals surface area (Å²) in [6.07, 6.45) is -1.26. The molecule has 29 heavy (non-hydrogen) atoms. The number of amides is 2. The molecule has 0 unspecified atom stereocenters. The van der Waals surface area contributed by atoms with Crippen molar-refractivity contribution in [2.24, 2.45) is 0 Å². The molecule has 0 aliphatic carbocycles. The van der Waals surface area contributed by atoms with Crippen LogP contribution in [-0.2, 0) is 23.7 Å². The SMILES string of the molecule is COC(=O)[C@H](C[C@]1(C)COC(C)(C)N1C(=O)OC(C)(C)C)NC(=O)OC(C)(C)C. The van der Waals surface area contributed by atoms with E-state index in [4.69, 9.17) is 18.9 Å². The summed E-state index contributed by atoms with van der Waals surface area (Å²) in [5, 5.41) is 2.54. The normalized spacial score (nSPS) is 22.6. The molecular weight excluding hydrogens is 380 g/mol. The van der Waals surface area contributed by atoms with Crippen LogP contribution in [0.4, 0.5) is 9.59 Å². The van der Waals surface area contributed by atoms with Gasteiger partial charge in [-0.25, -0.2) is 14.4 Å². The monoisotopic (exact) mass is 416 g/mol. The van der Waals surface area contributed by atoms with Gasteiger partial charge < -0.3 is 24.3 Å². The molecule has 2 amide bonds. The fraction of sp³-hybridized carbons (Fsp3) is 0.850. The quantitative estimate of drug-likeness (QED) is 0.554. The van der Waals surface area contributed by atoms with Crippen molar-refractivity contribution in [1.82, 2.24) is 10.2 Å². The molecule has 0 spiro atoms. The number of alkyl carbamates (subject to hydrolysis) is 1. The first-order valence-electron chi connectivity index (χ1n) is 9.65. The van der Waals surface area contributed by atoms with Gasteiger partial charge in [0.05, 0.1) is 19.3 Å². The van der Waals surface area contributed by atoms with Crippen LogP contribution in [0.15, 0.2) is 0 Å². The largest absolute Gasteiger partial charge is 0.467 e. The number of nitrogens with zero attached hydrogens (tertiary/aromatic N) is 1. The number of carbonyl (C=O) groups is 3. The van der Waals surface area contributed by atoms with Crippen molar-refractivity contribution in [2.75, 3.05) is 13.7 Å². The van der Waals surface area contributed by atoms with Crippen molar-refractivity contribution in [3.63, 3.8) is 0 Å². The highest BCUT2D eigenvalue weighted by Gasteiger charge is 2.54. The molecule has 0 aromatic heterocycles. The fourth-order valence-corrected chi connectivity index (χ4v) is 3.23. The Morgan fingerprint density at radius 3 is 2.00 bits per heavy atom. The maximum Gasteiger partial charge on any atom is 0.413 e. The Hall–Kier alpha value is -2.03. The van der Waals surface area contributed by atoms with Gasteiger partial charge in [0.25, 0.3) is 0 Å². The van der Waals surface area contributed by atoms with Crippen LogP contribution in [0, 0.1) is 0 Å². The van der Waals surface area contributed by atoms with E-state index in [9.17, 15) is 14.4 Å². The lowest BCUT2D eigenvalue weighted by Gasteiger charge is -2.41. The number of carbonyl (C=O) groups excluding carboxylic acids is 3. The molecule has 1 fully saturated rings. The van der Waals surface area contributed by atoms with Crippen LogP contribution in [0.3, 0.4) is 0 Å². The van der Waals surface area contributed by atoms with E-state index in [1.165, 1.54) is 12.0 Å². The molecule has 0 bridgehead atoms. The van der Waals surface area contributed by atoms with Gasteiger partial charge in [-0.15, -0.1) is 0 Å². The average molecular weight is 417 g/mol. The third-order valence-corrected chi connectivity index (χ3v) is 4.21. The summed E-state index contributed by atoms with van der Waals surface area (Å²) < 4.78 is 21.5. The van der Waals surface area contributed by atoms with Crippen LogP contribution < -0.4 is 5.32 Å². The van der Waals surface area contributed by atoms with Crippen LogP contribution in [0.5, 0.6) is 0 Å². The summed E-state index contributed by atoms with van der Waals surface area (Å²) in [5.41, 5.74) is -3.31. The van der Waals surface area contributed by atoms with Gasteiger partial charge in [-0.05, 0) is 62.3 Å². The summed E-state index contributed by atoms with van der Waals surface area (Å²) in [5.74, 6) is -0.647. The smallest absolute Gasteiger partial charge is 0.413 e. The van der Waals surface area contributed by atoms with Crippen LogP contribution in [0.1, 0.15) is 68.7 Å². The highest BCUT2D eigenvalue weighted by atomic mass is 16.6. The second-order valence-electron chi connectivity index (χ2n) is 9.97. The zero-order chi connectivity index (χ0) is 22.8. The predicted octanol–water partition coefficient (Wildman–Crippen LogP) is 3.20. The molecule has 0 aromatic carbocycles. The molecule has 9 heteroatoms. The molecule has 1 aliphatic heterocycles. The van der Waals surface area contributed by atoms with Crippen LogP contribution in [0.2, 0.25) is 0 Å². The van der Waals surface area contributed by atoms with Crippen LogP contribution in [-0.4, -0.2) is 65.3 Å². The van der Waals surface area contributed by atoms with E-state index in [1.54, 1.807) is 62.3 Å². The molecule has 0 saturated carbocycles. The summed E-state index contributed by atoms with van der Waals surface area (Å²) >= 11 is 0. The maximum absolute atomic E-state index is 12.9. The number of methoxy groups -OCH3 is 1. The van der Waals surface area contributed by atoms with Gasteiger partial charge >= 0.3 is 18.2 Å². The van der Waals surface area contributed by atoms with E-state index in [1.807, 2.05) is 0 Å². The zero-order valence-electron chi connectivity index (χ0n) is 19.3. The first-order chi connectivity index (χ1) is 12.9. The minimum Gasteiger partial charge on any atom is -0.467 e. The second kappa shape index (κ2) is 8.38. The number of hydrogen-bond acceptors (Lipinski definition) is 7. The van der Waals surface area contributed by atoms with Crippen molar-refractivity contribution in [3.05, 3.63) is 0 Å². The summed E-state index contributed by atoms with van der Waals surface area (Å²) in [6, 6.07) is -1.04. The van der Waals surface area contributed by atoms with Crippen molar-refractivity contribution in [1.29, 1.82) is 0 Å². The molecular formula is C20H36N2O7. The van der Waals surface area contributed by atoms with E-state index in [0.29, 0.717) is 0 Å². The summed E-state index contributed by atoms with van der Waals surface area (Å²) in [4.78, 5) is 39.0. The molecule has 0 aromatic rings. The molecule has 0 radical (unpaired) electrons. The number of ether oxygens (including phenoxy) is 4. The Morgan fingerprint density at radius 1 is 1.03 bits per heavy atom. The number of nitrogens with one attached hydrogen (secondary N) is 1. The Morgan fingerprint density at radius 2 is 1.55 bits per heavy atom. The topological polar surface area (TPSA) is 103 Å². The second-order valence-corrected chi connectivity index (χ2v) is 9.97. The van der Waals surface area contributed by atoms with Gasteiger partial charge in [-0.2, -0.15) is 0 Å². The Kier molecular flexibility index (Phi) is 7.22. The number of hydrogen-bond donors (Lipinski definition) is 1. The Balaban J connectivity index is 3.12. The van der Waals surface area contributed by atoms with Gasteiger partial charge in [0.1, 0.15) is 23.0 Å². The van der Waals surface area contributed by atoms with Crippen molar-refractivity contribution >= 4 is 18.2 Å². The highest BCUT2D eigenvalue weighted by molar-refractivity contribution is 5.81. The van der Waals surface area contributed by atoms with E-state index in [-0.39, 0.29) is 13.0 Å². The van der Waals surface area contributed by atoms with Gasteiger partial charge in [0.2, 0.25) is 0 Å². The van der Waals surface area contributed by atoms with Crippen molar-refractivity contribution < 1.29 is 33.3 Å². The van der Waals surface area contributed by atoms with Crippen LogP contribution in [0.25, 0.3) is 0 Å². The average Bonchev–Trinajstić information content (AvgIpc) is 2.71. The van der Waals surface area contributed by atoms with Crippen molar-refractivity contribution in [2.45, 2.75) is 97.2 Å². The molecule has 1 heterocycles. The third kappa shape index (κ3) is 7.06. The molecule has 1 saturated heterocycles. The van der Waals surface area contributed by atoms with E-state index >= 15 is 0 Å². The zero-order valence-corrected chi connectivity index (χ0v) is 19.3. The minimum atomic E-state index is -1.04. The number of rotatable bonds is 4. The molecule has 1 N–H and O–H groups in total. The molecule has 9 nitrogen and oxygen atoms in total. The molecule has 1 aliphatic rings. The third-order valence-electron chi connectivity index (χ3n) is 4.21. The first-order valence-corrected chi connectivity index (χ1v) is 9.65. The Labute approximate surface area is 173 Å². The standard InChI is InChI=1S/C20H36N2O7/c1-17(2,3)28-15(24)21-13(14(23)26-10)11-20(9)12-27-19(7,8)22(20)16(25)29-18(4,5)6/h13H,11-12H2,1-10H3,(H,21,24)/t13-,20+/m0/s1. The van der Waals surface area contributed by atoms with E-state index < -0.39 is 46.7 Å². The first kappa shape index (κ1) is 25.0. The lowest BCUT2D eigenvalue weighted by Crippen LogP contribution is -2.58. The predicted molar refractivity (Wildman–Crippen MR) is 106 cm³/mol. The lowest BCUT2D eigenvalue weighted by molar-refractivity contribution is -0.144. The molecule has 1 rings (SSSR count). The van der Waals surface area contributed by atoms with Gasteiger partial charge in [0.15, 0.2) is 0 Å². The maximum atomic E-state index is 12.9. The fourth-order valence-electron chi connectivity index (χ4n) is 3.23. The Bertz CT molecular complexity index is 634.